The zero-order chi connectivity index (χ0) is 19.0. The number of morpholine rings is 1. The highest BCUT2D eigenvalue weighted by atomic mass is 16.6. The van der Waals surface area contributed by atoms with E-state index in [1.54, 1.807) is 14.0 Å². The Kier molecular flexibility index (Phi) is 4.64. The Morgan fingerprint density at radius 1 is 1.38 bits per heavy atom. The molecule has 0 spiro atoms. The molecule has 0 amide bonds. The molecule has 1 saturated heterocycles. The maximum Gasteiger partial charge on any atom is 0.349 e. The van der Waals surface area contributed by atoms with Crippen LogP contribution in [0.2, 0.25) is 0 Å². The van der Waals surface area contributed by atoms with Gasteiger partial charge in [0.25, 0.3) is 5.69 Å². The summed E-state index contributed by atoms with van der Waals surface area (Å²) in [7, 11) is 1.79. The number of nitro groups is 1. The van der Waals surface area contributed by atoms with Crippen LogP contribution in [-0.4, -0.2) is 52.6 Å². The van der Waals surface area contributed by atoms with Gasteiger partial charge in [-0.2, -0.15) is 0 Å². The van der Waals surface area contributed by atoms with E-state index in [-0.39, 0.29) is 12.1 Å². The molecule has 1 aliphatic heterocycles. The van der Waals surface area contributed by atoms with Crippen molar-refractivity contribution in [2.75, 3.05) is 31.2 Å². The highest BCUT2D eigenvalue weighted by Crippen LogP contribution is 2.37. The smallest absolute Gasteiger partial charge is 0.349 e. The molecular formula is C17H20N4O5. The molecule has 2 heterocycles. The molecule has 9 nitrogen and oxygen atoms in total. The van der Waals surface area contributed by atoms with Crippen LogP contribution in [0.15, 0.2) is 12.1 Å². The van der Waals surface area contributed by atoms with Crippen molar-refractivity contribution in [3.05, 3.63) is 33.5 Å². The van der Waals surface area contributed by atoms with Gasteiger partial charge < -0.3 is 19.3 Å². The normalized spacial score (nSPS) is 14.6. The van der Waals surface area contributed by atoms with Gasteiger partial charge in [-0.05, 0) is 18.6 Å². The molecule has 26 heavy (non-hydrogen) atoms. The second-order valence-electron chi connectivity index (χ2n) is 6.30. The summed E-state index contributed by atoms with van der Waals surface area (Å²) < 4.78 is 7.16. The van der Waals surface area contributed by atoms with E-state index < -0.39 is 16.6 Å². The molecule has 0 aliphatic carbocycles. The van der Waals surface area contributed by atoms with Crippen LogP contribution in [0.5, 0.6) is 0 Å². The third-order valence-corrected chi connectivity index (χ3v) is 4.87. The fourth-order valence-electron chi connectivity index (χ4n) is 3.35. The number of rotatable bonds is 5. The fourth-order valence-corrected chi connectivity index (χ4v) is 3.35. The van der Waals surface area contributed by atoms with Crippen molar-refractivity contribution >= 4 is 34.0 Å². The highest BCUT2D eigenvalue weighted by Gasteiger charge is 2.26. The summed E-state index contributed by atoms with van der Waals surface area (Å²) in [5.41, 5.74) is 2.07. The first kappa shape index (κ1) is 17.9. The zero-order valence-electron chi connectivity index (χ0n) is 14.6. The molecule has 0 radical (unpaired) electrons. The number of aromatic nitrogens is 1. The Labute approximate surface area is 149 Å². The van der Waals surface area contributed by atoms with Crippen molar-refractivity contribution in [3.63, 3.8) is 0 Å². The number of aryl methyl sites for hydroxylation is 1. The van der Waals surface area contributed by atoms with E-state index in [4.69, 9.17) is 15.3 Å². The minimum absolute atomic E-state index is 0.0686. The van der Waals surface area contributed by atoms with Gasteiger partial charge in [0.15, 0.2) is 0 Å². The van der Waals surface area contributed by atoms with E-state index in [0.29, 0.717) is 48.5 Å². The Bertz CT molecular complexity index is 912. The minimum Gasteiger partial charge on any atom is -0.477 e. The predicted molar refractivity (Wildman–Crippen MR) is 96.4 cm³/mol. The summed E-state index contributed by atoms with van der Waals surface area (Å²) in [5, 5.41) is 28.8. The lowest BCUT2D eigenvalue weighted by Gasteiger charge is -2.28. The van der Waals surface area contributed by atoms with Crippen molar-refractivity contribution in [3.8, 4) is 0 Å². The van der Waals surface area contributed by atoms with Crippen LogP contribution in [-0.2, 0) is 23.0 Å². The Morgan fingerprint density at radius 2 is 2.04 bits per heavy atom. The topological polar surface area (TPSA) is 122 Å². The van der Waals surface area contributed by atoms with Crippen molar-refractivity contribution in [2.24, 2.45) is 7.05 Å². The number of benzene rings is 1. The van der Waals surface area contributed by atoms with Gasteiger partial charge in [-0.15, -0.1) is 0 Å². The van der Waals surface area contributed by atoms with E-state index in [0.717, 1.165) is 5.69 Å². The van der Waals surface area contributed by atoms with Gasteiger partial charge >= 0.3 is 5.97 Å². The zero-order valence-corrected chi connectivity index (χ0v) is 14.6. The fraction of sp³-hybridized carbons (Fsp3) is 0.412. The molecule has 0 atom stereocenters. The number of nitro benzene ring substituents is 1. The lowest BCUT2D eigenvalue weighted by atomic mass is 10.0. The molecule has 9 heteroatoms. The van der Waals surface area contributed by atoms with E-state index >= 15 is 0 Å². The number of nitrogens with one attached hydrogen (secondary N) is 1. The molecule has 0 unspecified atom stereocenters. The van der Waals surface area contributed by atoms with Crippen molar-refractivity contribution in [1.29, 1.82) is 5.41 Å². The van der Waals surface area contributed by atoms with Crippen LogP contribution in [0.4, 0.5) is 11.4 Å². The number of carbonyl (C=O) groups is 1. The third kappa shape index (κ3) is 3.01. The second-order valence-corrected chi connectivity index (χ2v) is 6.30. The number of carboxylic acid groups (broad SMARTS) is 1. The molecule has 1 fully saturated rings. The van der Waals surface area contributed by atoms with Gasteiger partial charge in [-0.3, -0.25) is 15.5 Å². The van der Waals surface area contributed by atoms with Crippen LogP contribution >= 0.6 is 0 Å². The average Bonchev–Trinajstić information content (AvgIpc) is 2.86. The lowest BCUT2D eigenvalue weighted by Crippen LogP contribution is -2.36. The number of aliphatic carboxylic acids is 1. The van der Waals surface area contributed by atoms with Crippen molar-refractivity contribution in [2.45, 2.75) is 13.3 Å². The van der Waals surface area contributed by atoms with Crippen LogP contribution in [0.3, 0.4) is 0 Å². The quantitative estimate of drug-likeness (QED) is 0.477. The number of non-ortho nitro benzene ring substituents is 1. The largest absolute Gasteiger partial charge is 0.477 e. The van der Waals surface area contributed by atoms with Crippen molar-refractivity contribution < 1.29 is 19.6 Å². The van der Waals surface area contributed by atoms with Crippen molar-refractivity contribution in [1.82, 2.24) is 4.57 Å². The van der Waals surface area contributed by atoms with E-state index in [1.165, 1.54) is 6.07 Å². The first-order valence-electron chi connectivity index (χ1n) is 8.21. The molecule has 2 N–H and O–H groups in total. The lowest BCUT2D eigenvalue weighted by molar-refractivity contribution is -0.383. The first-order valence-corrected chi connectivity index (χ1v) is 8.21. The SMILES string of the molecule is Cc1c(CC(=N)C(=O)O)c2c([N+](=O)[O-])cc(N3CCOCC3)cc2n1C. The monoisotopic (exact) mass is 360 g/mol. The number of fused-ring (bicyclic) bond motifs is 1. The van der Waals surface area contributed by atoms with Gasteiger partial charge in [0.1, 0.15) is 5.71 Å². The Morgan fingerprint density at radius 3 is 2.62 bits per heavy atom. The molecule has 1 aromatic carbocycles. The number of nitrogens with zero attached hydrogens (tertiary/aromatic N) is 3. The van der Waals surface area contributed by atoms with E-state index in [2.05, 4.69) is 0 Å². The summed E-state index contributed by atoms with van der Waals surface area (Å²) in [5.74, 6) is -1.33. The molecule has 3 rings (SSSR count). The van der Waals surface area contributed by atoms with Gasteiger partial charge in [0, 0.05) is 44.0 Å². The van der Waals surface area contributed by atoms with Crippen LogP contribution in [0, 0.1) is 22.4 Å². The number of carboxylic acids is 1. The van der Waals surface area contributed by atoms with Gasteiger partial charge in [0.05, 0.1) is 29.0 Å². The van der Waals surface area contributed by atoms with Crippen LogP contribution in [0.1, 0.15) is 11.3 Å². The summed E-state index contributed by atoms with van der Waals surface area (Å²) in [6.07, 6.45) is -0.157. The number of hydrogen-bond donors (Lipinski definition) is 2. The molecule has 1 aliphatic rings. The predicted octanol–water partition coefficient (Wildman–Crippen LogP) is 1.88. The molecule has 0 bridgehead atoms. The number of ether oxygens (including phenoxy) is 1. The summed E-state index contributed by atoms with van der Waals surface area (Å²) >= 11 is 0. The summed E-state index contributed by atoms with van der Waals surface area (Å²) in [6.45, 7) is 4.23. The third-order valence-electron chi connectivity index (χ3n) is 4.87. The Hall–Kier alpha value is -2.94. The highest BCUT2D eigenvalue weighted by molar-refractivity contribution is 6.35. The summed E-state index contributed by atoms with van der Waals surface area (Å²) in [6, 6.07) is 3.41. The minimum atomic E-state index is -1.33. The molecule has 0 saturated carbocycles. The van der Waals surface area contributed by atoms with Crippen LogP contribution in [0.25, 0.3) is 10.9 Å². The molecular weight excluding hydrogens is 340 g/mol. The molecule has 1 aromatic heterocycles. The van der Waals surface area contributed by atoms with Gasteiger partial charge in [-0.25, -0.2) is 4.79 Å². The van der Waals surface area contributed by atoms with Crippen LogP contribution < -0.4 is 4.90 Å². The number of hydrogen-bond acceptors (Lipinski definition) is 6. The second kappa shape index (κ2) is 6.75. The maximum absolute atomic E-state index is 11.7. The van der Waals surface area contributed by atoms with Gasteiger partial charge in [0.2, 0.25) is 0 Å². The standard InChI is InChI=1S/C17H20N4O5/c1-10-12(9-13(18)17(22)23)16-14(19(10)2)7-11(8-15(16)21(24)25)20-3-5-26-6-4-20/h7-8,18H,3-6,9H2,1-2H3,(H,22,23). The Balaban J connectivity index is 2.21. The van der Waals surface area contributed by atoms with E-state index in [1.807, 2.05) is 15.5 Å². The molecule has 138 valence electrons. The maximum atomic E-state index is 11.7. The summed E-state index contributed by atoms with van der Waals surface area (Å²) in [4.78, 5) is 24.4. The molecule has 2 aromatic rings. The van der Waals surface area contributed by atoms with E-state index in [9.17, 15) is 14.9 Å². The number of anilines is 1. The first-order chi connectivity index (χ1) is 12.3. The average molecular weight is 360 g/mol. The van der Waals surface area contributed by atoms with Gasteiger partial charge in [-0.1, -0.05) is 0 Å².